The summed E-state index contributed by atoms with van der Waals surface area (Å²) in [6, 6.07) is 0. The van der Waals surface area contributed by atoms with Crippen LogP contribution in [0.3, 0.4) is 0 Å². The summed E-state index contributed by atoms with van der Waals surface area (Å²) in [7, 11) is 0. The van der Waals surface area contributed by atoms with E-state index in [1.54, 1.807) is 0 Å². The van der Waals surface area contributed by atoms with Gasteiger partial charge in [0.15, 0.2) is 0 Å². The molecule has 0 saturated carbocycles. The van der Waals surface area contributed by atoms with E-state index in [0.717, 1.165) is 0 Å². The molecule has 9 heavy (non-hydrogen) atoms. The molecular weight excluding hydrogens is 233 g/mol. The van der Waals surface area contributed by atoms with E-state index < -0.39 is 0 Å². The molecule has 0 saturated heterocycles. The first kappa shape index (κ1) is 9.16. The van der Waals surface area contributed by atoms with Crippen molar-refractivity contribution in [1.82, 2.24) is 3.53 Å². The Bertz CT molecular complexity index is 95.0. The van der Waals surface area contributed by atoms with Crippen LogP contribution in [0.4, 0.5) is 0 Å². The molecule has 0 aliphatic rings. The van der Waals surface area contributed by atoms with Gasteiger partial charge < -0.3 is 4.74 Å². The van der Waals surface area contributed by atoms with E-state index in [-0.39, 0.29) is 18.6 Å². The first-order valence-electron chi connectivity index (χ1n) is 2.69. The van der Waals surface area contributed by atoms with Crippen LogP contribution in [0.1, 0.15) is 13.8 Å². The molecule has 0 radical (unpaired) electrons. The Labute approximate surface area is 68.6 Å². The molecule has 0 rings (SSSR count). The van der Waals surface area contributed by atoms with Gasteiger partial charge in [0.1, 0.15) is 6.54 Å². The van der Waals surface area contributed by atoms with Gasteiger partial charge in [0.25, 0.3) is 0 Å². The molecule has 0 amide bonds. The molecule has 1 N–H and O–H groups in total. The van der Waals surface area contributed by atoms with Crippen LogP contribution in [-0.2, 0) is 9.53 Å². The Morgan fingerprint density at radius 3 is 2.67 bits per heavy atom. The Kier molecular flexibility index (Phi) is 5.07. The van der Waals surface area contributed by atoms with E-state index in [9.17, 15) is 4.79 Å². The van der Waals surface area contributed by atoms with E-state index in [1.807, 2.05) is 36.7 Å². The summed E-state index contributed by atoms with van der Waals surface area (Å²) in [5.74, 6) is -0.209. The van der Waals surface area contributed by atoms with Gasteiger partial charge in [-0.25, -0.2) is 3.53 Å². The highest BCUT2D eigenvalue weighted by Gasteiger charge is 2.01. The number of carbonyl (C=O) groups excluding carboxylic acids is 1. The maximum absolute atomic E-state index is 10.6. The number of halogens is 1. The highest BCUT2D eigenvalue weighted by Crippen LogP contribution is 1.87. The minimum atomic E-state index is -0.209. The second-order valence-corrected chi connectivity index (χ2v) is 2.61. The summed E-state index contributed by atoms with van der Waals surface area (Å²) in [4.78, 5) is 10.6. The molecule has 0 aromatic rings. The van der Waals surface area contributed by atoms with Gasteiger partial charge in [-0.15, -0.1) is 0 Å². The van der Waals surface area contributed by atoms with E-state index in [0.29, 0.717) is 0 Å². The van der Waals surface area contributed by atoms with E-state index >= 15 is 0 Å². The first-order valence-corrected chi connectivity index (χ1v) is 3.77. The predicted octanol–water partition coefficient (Wildman–Crippen LogP) is 0.878. The maximum atomic E-state index is 10.6. The number of rotatable bonds is 3. The van der Waals surface area contributed by atoms with Crippen molar-refractivity contribution in [3.05, 3.63) is 0 Å². The van der Waals surface area contributed by atoms with Crippen molar-refractivity contribution >= 4 is 28.8 Å². The van der Waals surface area contributed by atoms with Crippen molar-refractivity contribution < 1.29 is 9.53 Å². The van der Waals surface area contributed by atoms with Crippen LogP contribution in [0.25, 0.3) is 0 Å². The average Bonchev–Trinajstić information content (AvgIpc) is 1.63. The summed E-state index contributed by atoms with van der Waals surface area (Å²) >= 11 is 1.90. The number of hydrogen-bond donors (Lipinski definition) is 1. The fourth-order valence-electron chi connectivity index (χ4n) is 0.359. The van der Waals surface area contributed by atoms with Crippen LogP contribution in [0.5, 0.6) is 0 Å². The minimum Gasteiger partial charge on any atom is -0.462 e. The summed E-state index contributed by atoms with van der Waals surface area (Å²) in [5.41, 5.74) is 0. The van der Waals surface area contributed by atoms with Gasteiger partial charge >= 0.3 is 5.97 Å². The molecule has 0 spiro atoms. The van der Waals surface area contributed by atoms with Crippen molar-refractivity contribution in [3.63, 3.8) is 0 Å². The molecule has 0 unspecified atom stereocenters. The van der Waals surface area contributed by atoms with E-state index in [4.69, 9.17) is 4.74 Å². The van der Waals surface area contributed by atoms with Gasteiger partial charge in [-0.05, 0) is 13.8 Å². The first-order chi connectivity index (χ1) is 4.16. The van der Waals surface area contributed by atoms with Crippen LogP contribution in [0, 0.1) is 0 Å². The molecule has 0 atom stereocenters. The Morgan fingerprint density at radius 2 is 2.33 bits per heavy atom. The maximum Gasteiger partial charge on any atom is 0.320 e. The fourth-order valence-corrected chi connectivity index (χ4v) is 0.671. The van der Waals surface area contributed by atoms with Gasteiger partial charge in [0.05, 0.1) is 6.10 Å². The topological polar surface area (TPSA) is 38.3 Å². The van der Waals surface area contributed by atoms with Gasteiger partial charge in [-0.3, -0.25) is 4.79 Å². The smallest absolute Gasteiger partial charge is 0.320 e. The molecule has 0 aromatic carbocycles. The molecule has 0 fully saturated rings. The van der Waals surface area contributed by atoms with Crippen LogP contribution in [-0.4, -0.2) is 18.6 Å². The van der Waals surface area contributed by atoms with Crippen LogP contribution in [0.15, 0.2) is 0 Å². The molecule has 0 heterocycles. The highest BCUT2D eigenvalue weighted by molar-refractivity contribution is 14.1. The normalized spacial score (nSPS) is 9.78. The molecule has 0 aliphatic carbocycles. The van der Waals surface area contributed by atoms with Gasteiger partial charge in [0, 0.05) is 22.9 Å². The lowest BCUT2D eigenvalue weighted by Crippen LogP contribution is -2.20. The lowest BCUT2D eigenvalue weighted by molar-refractivity contribution is -0.145. The van der Waals surface area contributed by atoms with Crippen molar-refractivity contribution in [2.45, 2.75) is 20.0 Å². The SMILES string of the molecule is CC(C)OC(=O)CNI. The van der Waals surface area contributed by atoms with Crippen molar-refractivity contribution in [1.29, 1.82) is 0 Å². The van der Waals surface area contributed by atoms with Crippen LogP contribution < -0.4 is 3.53 Å². The fraction of sp³-hybridized carbons (Fsp3) is 0.800. The number of carbonyl (C=O) groups is 1. The minimum absolute atomic E-state index is 0.0118. The summed E-state index contributed by atoms with van der Waals surface area (Å²) in [5, 5.41) is 0. The average molecular weight is 243 g/mol. The second kappa shape index (κ2) is 4.99. The van der Waals surface area contributed by atoms with Gasteiger partial charge in [-0.1, -0.05) is 0 Å². The summed E-state index contributed by atoms with van der Waals surface area (Å²) in [6.45, 7) is 3.93. The highest BCUT2D eigenvalue weighted by atomic mass is 127. The van der Waals surface area contributed by atoms with Crippen molar-refractivity contribution in [3.8, 4) is 0 Å². The third kappa shape index (κ3) is 6.04. The molecular formula is C5H10INO2. The van der Waals surface area contributed by atoms with Crippen LogP contribution in [0.2, 0.25) is 0 Å². The molecule has 54 valence electrons. The Balaban J connectivity index is 3.27. The van der Waals surface area contributed by atoms with E-state index in [1.165, 1.54) is 0 Å². The van der Waals surface area contributed by atoms with Gasteiger partial charge in [0.2, 0.25) is 0 Å². The predicted molar refractivity (Wildman–Crippen MR) is 43.3 cm³/mol. The van der Waals surface area contributed by atoms with Crippen LogP contribution >= 0.6 is 22.9 Å². The molecule has 0 aromatic heterocycles. The number of esters is 1. The van der Waals surface area contributed by atoms with Gasteiger partial charge in [-0.2, -0.15) is 0 Å². The quantitative estimate of drug-likeness (QED) is 0.454. The number of ether oxygens (including phenoxy) is 1. The largest absolute Gasteiger partial charge is 0.462 e. The zero-order chi connectivity index (χ0) is 7.28. The molecule has 4 heteroatoms. The monoisotopic (exact) mass is 243 g/mol. The zero-order valence-electron chi connectivity index (χ0n) is 5.48. The standard InChI is InChI=1S/C5H10INO2/c1-4(2)9-5(8)3-7-6/h4,7H,3H2,1-2H3. The third-order valence-corrected chi connectivity index (χ3v) is 0.960. The van der Waals surface area contributed by atoms with E-state index in [2.05, 4.69) is 3.53 Å². The molecule has 3 nitrogen and oxygen atoms in total. The lowest BCUT2D eigenvalue weighted by atomic mass is 10.5. The summed E-state index contributed by atoms with van der Waals surface area (Å²) < 4.78 is 7.45. The summed E-state index contributed by atoms with van der Waals surface area (Å²) in [6.07, 6.45) is -0.0118. The number of hydrogen-bond acceptors (Lipinski definition) is 3. The second-order valence-electron chi connectivity index (χ2n) is 1.85. The zero-order valence-corrected chi connectivity index (χ0v) is 7.64. The Hall–Kier alpha value is 0.160. The third-order valence-electron chi connectivity index (χ3n) is 0.578. The number of nitrogens with one attached hydrogen (secondary N) is 1. The van der Waals surface area contributed by atoms with Crippen molar-refractivity contribution in [2.24, 2.45) is 0 Å². The van der Waals surface area contributed by atoms with Crippen molar-refractivity contribution in [2.75, 3.05) is 6.54 Å². The molecule has 0 aliphatic heterocycles. The lowest BCUT2D eigenvalue weighted by Gasteiger charge is -2.05. The molecule has 0 bridgehead atoms. The Morgan fingerprint density at radius 1 is 1.78 bits per heavy atom.